The smallest absolute Gasteiger partial charge is 0.227 e. The number of para-hydroxylation sites is 1. The lowest BCUT2D eigenvalue weighted by molar-refractivity contribution is -0.120. The monoisotopic (exact) mass is 456 g/mol. The van der Waals surface area contributed by atoms with Gasteiger partial charge in [0, 0.05) is 30.0 Å². The van der Waals surface area contributed by atoms with Crippen molar-refractivity contribution in [1.29, 1.82) is 0 Å². The van der Waals surface area contributed by atoms with Gasteiger partial charge >= 0.3 is 0 Å². The van der Waals surface area contributed by atoms with Crippen LogP contribution in [0.15, 0.2) is 72.8 Å². The van der Waals surface area contributed by atoms with Gasteiger partial charge in [-0.05, 0) is 44.0 Å². The zero-order valence-corrected chi connectivity index (χ0v) is 19.2. The first-order valence-electron chi connectivity index (χ1n) is 11.2. The van der Waals surface area contributed by atoms with Crippen molar-refractivity contribution in [2.45, 2.75) is 19.8 Å². The van der Waals surface area contributed by atoms with Crippen LogP contribution in [0.5, 0.6) is 0 Å². The van der Waals surface area contributed by atoms with Crippen LogP contribution in [0, 0.1) is 12.8 Å². The van der Waals surface area contributed by atoms with Gasteiger partial charge in [-0.1, -0.05) is 65.7 Å². The second-order valence-corrected chi connectivity index (χ2v) is 8.90. The van der Waals surface area contributed by atoms with Crippen molar-refractivity contribution in [2.24, 2.45) is 5.92 Å². The van der Waals surface area contributed by atoms with Crippen LogP contribution in [-0.4, -0.2) is 29.0 Å². The SMILES string of the molecule is Cc1ccc2nc(N3CCC(C(=O)Nc4ccccc4Cl)CC3)nc(-c3ccccc3)c2c1. The summed E-state index contributed by atoms with van der Waals surface area (Å²) in [4.78, 5) is 24.8. The summed E-state index contributed by atoms with van der Waals surface area (Å²) in [5.74, 6) is 0.673. The average Bonchev–Trinajstić information content (AvgIpc) is 2.85. The third-order valence-corrected chi connectivity index (χ3v) is 6.50. The Balaban J connectivity index is 1.37. The molecule has 0 unspecified atom stereocenters. The molecule has 1 fully saturated rings. The van der Waals surface area contributed by atoms with E-state index in [0.717, 1.165) is 54.0 Å². The van der Waals surface area contributed by atoms with Crippen LogP contribution in [0.25, 0.3) is 22.2 Å². The molecule has 0 spiro atoms. The molecule has 1 amide bonds. The number of piperidine rings is 1. The van der Waals surface area contributed by atoms with Gasteiger partial charge in [-0.2, -0.15) is 0 Å². The number of carbonyl (C=O) groups is 1. The number of hydrogen-bond donors (Lipinski definition) is 1. The Labute approximate surface area is 198 Å². The van der Waals surface area contributed by atoms with Crippen molar-refractivity contribution >= 4 is 40.0 Å². The molecule has 1 aliphatic rings. The maximum Gasteiger partial charge on any atom is 0.227 e. The number of amides is 1. The van der Waals surface area contributed by atoms with Crippen LogP contribution in [0.3, 0.4) is 0 Å². The largest absolute Gasteiger partial charge is 0.341 e. The molecule has 0 aliphatic carbocycles. The third-order valence-electron chi connectivity index (χ3n) is 6.17. The first-order chi connectivity index (χ1) is 16.1. The number of nitrogens with one attached hydrogen (secondary N) is 1. The Morgan fingerprint density at radius 2 is 1.70 bits per heavy atom. The minimum absolute atomic E-state index is 0.0163. The first kappa shape index (κ1) is 21.4. The van der Waals surface area contributed by atoms with E-state index >= 15 is 0 Å². The molecule has 0 atom stereocenters. The normalized spacial score (nSPS) is 14.4. The fourth-order valence-electron chi connectivity index (χ4n) is 4.33. The number of benzene rings is 3. The summed E-state index contributed by atoms with van der Waals surface area (Å²) in [6.07, 6.45) is 1.48. The molecule has 0 saturated carbocycles. The number of rotatable bonds is 4. The average molecular weight is 457 g/mol. The van der Waals surface area contributed by atoms with Crippen molar-refractivity contribution in [1.82, 2.24) is 9.97 Å². The zero-order chi connectivity index (χ0) is 22.8. The number of nitrogens with zero attached hydrogens (tertiary/aromatic N) is 3. The van der Waals surface area contributed by atoms with Gasteiger partial charge in [0.15, 0.2) is 0 Å². The van der Waals surface area contributed by atoms with Crippen LogP contribution in [0.1, 0.15) is 18.4 Å². The van der Waals surface area contributed by atoms with Gasteiger partial charge in [-0.15, -0.1) is 0 Å². The van der Waals surface area contributed by atoms with Crippen molar-refractivity contribution < 1.29 is 4.79 Å². The number of aryl methyl sites for hydroxylation is 1. The van der Waals surface area contributed by atoms with Gasteiger partial charge < -0.3 is 10.2 Å². The topological polar surface area (TPSA) is 58.1 Å². The molecule has 5 nitrogen and oxygen atoms in total. The molecule has 1 saturated heterocycles. The summed E-state index contributed by atoms with van der Waals surface area (Å²) in [5, 5.41) is 4.58. The van der Waals surface area contributed by atoms with Crippen LogP contribution in [-0.2, 0) is 4.79 Å². The molecule has 1 aliphatic heterocycles. The lowest BCUT2D eigenvalue weighted by atomic mass is 9.96. The van der Waals surface area contributed by atoms with E-state index in [2.05, 4.69) is 47.5 Å². The van der Waals surface area contributed by atoms with Gasteiger partial charge in [0.1, 0.15) is 0 Å². The first-order valence-corrected chi connectivity index (χ1v) is 11.6. The zero-order valence-electron chi connectivity index (χ0n) is 18.5. The highest BCUT2D eigenvalue weighted by Crippen LogP contribution is 2.31. The fraction of sp³-hybridized carbons (Fsp3) is 0.222. The minimum atomic E-state index is -0.0609. The van der Waals surface area contributed by atoms with E-state index in [-0.39, 0.29) is 11.8 Å². The van der Waals surface area contributed by atoms with Crippen LogP contribution < -0.4 is 10.2 Å². The second kappa shape index (κ2) is 9.20. The summed E-state index contributed by atoms with van der Waals surface area (Å²) in [7, 11) is 0. The predicted molar refractivity (Wildman–Crippen MR) is 135 cm³/mol. The summed E-state index contributed by atoms with van der Waals surface area (Å²) in [5.41, 5.74) is 4.79. The Hall–Kier alpha value is -3.44. The predicted octanol–water partition coefficient (Wildman–Crippen LogP) is 6.11. The summed E-state index contributed by atoms with van der Waals surface area (Å²) >= 11 is 6.19. The van der Waals surface area contributed by atoms with E-state index in [1.54, 1.807) is 6.07 Å². The van der Waals surface area contributed by atoms with Gasteiger partial charge in [-0.25, -0.2) is 9.97 Å². The molecule has 166 valence electrons. The Kier molecular flexibility index (Phi) is 5.97. The van der Waals surface area contributed by atoms with Crippen molar-refractivity contribution in [3.63, 3.8) is 0 Å². The molecule has 0 radical (unpaired) electrons. The van der Waals surface area contributed by atoms with E-state index in [0.29, 0.717) is 10.7 Å². The minimum Gasteiger partial charge on any atom is -0.341 e. The quantitative estimate of drug-likeness (QED) is 0.402. The molecule has 0 bridgehead atoms. The van der Waals surface area contributed by atoms with Crippen LogP contribution >= 0.6 is 11.6 Å². The maximum atomic E-state index is 12.8. The van der Waals surface area contributed by atoms with Crippen LogP contribution in [0.2, 0.25) is 5.02 Å². The standard InChI is InChI=1S/C27H25ClN4O/c1-18-11-12-23-21(17-18)25(19-7-3-2-4-8-19)31-27(30-23)32-15-13-20(14-16-32)26(33)29-24-10-6-5-9-22(24)28/h2-12,17,20H,13-16H2,1H3,(H,29,33). The molecule has 1 N–H and O–H groups in total. The number of hydrogen-bond acceptors (Lipinski definition) is 4. The maximum absolute atomic E-state index is 12.8. The Morgan fingerprint density at radius 1 is 0.970 bits per heavy atom. The molecule has 6 heteroatoms. The number of fused-ring (bicyclic) bond motifs is 1. The Bertz CT molecular complexity index is 1300. The highest BCUT2D eigenvalue weighted by Gasteiger charge is 2.27. The lowest BCUT2D eigenvalue weighted by Gasteiger charge is -2.31. The van der Waals surface area contributed by atoms with Gasteiger partial charge in [0.05, 0.1) is 21.9 Å². The third kappa shape index (κ3) is 4.55. The van der Waals surface area contributed by atoms with E-state index in [4.69, 9.17) is 21.6 Å². The molecular weight excluding hydrogens is 432 g/mol. The van der Waals surface area contributed by atoms with Gasteiger partial charge in [0.2, 0.25) is 11.9 Å². The number of aromatic nitrogens is 2. The molecule has 2 heterocycles. The summed E-state index contributed by atoms with van der Waals surface area (Å²) in [6, 6.07) is 23.9. The second-order valence-electron chi connectivity index (χ2n) is 8.49. The molecule has 5 rings (SSSR count). The molecule has 1 aromatic heterocycles. The highest BCUT2D eigenvalue weighted by molar-refractivity contribution is 6.33. The van der Waals surface area contributed by atoms with E-state index in [1.165, 1.54) is 5.56 Å². The summed E-state index contributed by atoms with van der Waals surface area (Å²) in [6.45, 7) is 3.54. The number of carbonyl (C=O) groups excluding carboxylic acids is 1. The molecular formula is C27H25ClN4O. The molecule has 4 aromatic rings. The number of halogens is 1. The van der Waals surface area contributed by atoms with Gasteiger partial charge in [-0.3, -0.25) is 4.79 Å². The van der Waals surface area contributed by atoms with Crippen LogP contribution in [0.4, 0.5) is 11.6 Å². The van der Waals surface area contributed by atoms with Crippen molar-refractivity contribution in [3.05, 3.63) is 83.4 Å². The van der Waals surface area contributed by atoms with Gasteiger partial charge in [0.25, 0.3) is 0 Å². The van der Waals surface area contributed by atoms with E-state index < -0.39 is 0 Å². The Morgan fingerprint density at radius 3 is 2.45 bits per heavy atom. The molecule has 3 aromatic carbocycles. The van der Waals surface area contributed by atoms with E-state index in [1.807, 2.05) is 36.4 Å². The summed E-state index contributed by atoms with van der Waals surface area (Å²) < 4.78 is 0. The van der Waals surface area contributed by atoms with Crippen molar-refractivity contribution in [2.75, 3.05) is 23.3 Å². The van der Waals surface area contributed by atoms with Crippen molar-refractivity contribution in [3.8, 4) is 11.3 Å². The lowest BCUT2D eigenvalue weighted by Crippen LogP contribution is -2.39. The number of anilines is 2. The fourth-order valence-corrected chi connectivity index (χ4v) is 4.51. The molecule has 33 heavy (non-hydrogen) atoms. The highest BCUT2D eigenvalue weighted by atomic mass is 35.5. The van der Waals surface area contributed by atoms with E-state index in [9.17, 15) is 4.79 Å².